The van der Waals surface area contributed by atoms with E-state index < -0.39 is 5.97 Å². The monoisotopic (exact) mass is 246 g/mol. The van der Waals surface area contributed by atoms with Crippen molar-refractivity contribution in [1.29, 1.82) is 0 Å². The third-order valence-electron chi connectivity index (χ3n) is 2.72. The van der Waals surface area contributed by atoms with Gasteiger partial charge in [0.1, 0.15) is 5.75 Å². The average molecular weight is 246 g/mol. The quantitative estimate of drug-likeness (QED) is 0.748. The van der Waals surface area contributed by atoms with Crippen molar-refractivity contribution < 1.29 is 18.7 Å². The Morgan fingerprint density at radius 2 is 2.22 bits per heavy atom. The number of carbonyl (C=O) groups is 1. The van der Waals surface area contributed by atoms with E-state index in [-0.39, 0.29) is 17.9 Å². The molecule has 6 heteroatoms. The van der Waals surface area contributed by atoms with Crippen molar-refractivity contribution in [2.24, 2.45) is 0 Å². The van der Waals surface area contributed by atoms with E-state index in [1.54, 1.807) is 0 Å². The van der Waals surface area contributed by atoms with E-state index in [9.17, 15) is 4.79 Å². The molecule has 0 fully saturated rings. The standard InChI is InChI=1S/C12H10N2O4/c1-16-12(15)11-14-13-10(18-11)9-6-7-4-2-3-5-8(7)17-9/h2-5,9H,6H2,1H3. The number of methoxy groups -OCH3 is 1. The smallest absolute Gasteiger partial charge is 0.396 e. The number of rotatable bonds is 2. The molecular weight excluding hydrogens is 236 g/mol. The van der Waals surface area contributed by atoms with Gasteiger partial charge < -0.3 is 13.9 Å². The van der Waals surface area contributed by atoms with Gasteiger partial charge in [-0.2, -0.15) is 0 Å². The minimum Gasteiger partial charge on any atom is -0.480 e. The van der Waals surface area contributed by atoms with Crippen LogP contribution in [0.25, 0.3) is 0 Å². The van der Waals surface area contributed by atoms with Gasteiger partial charge >= 0.3 is 11.9 Å². The maximum Gasteiger partial charge on any atom is 0.396 e. The first kappa shape index (κ1) is 10.8. The first-order valence-corrected chi connectivity index (χ1v) is 5.44. The second-order valence-electron chi connectivity index (χ2n) is 3.86. The van der Waals surface area contributed by atoms with E-state index in [2.05, 4.69) is 14.9 Å². The number of hydrogen-bond donors (Lipinski definition) is 0. The van der Waals surface area contributed by atoms with E-state index in [1.165, 1.54) is 7.11 Å². The van der Waals surface area contributed by atoms with E-state index in [0.29, 0.717) is 6.42 Å². The summed E-state index contributed by atoms with van der Waals surface area (Å²) in [4.78, 5) is 11.2. The molecule has 0 aliphatic carbocycles. The summed E-state index contributed by atoms with van der Waals surface area (Å²) >= 11 is 0. The minimum absolute atomic E-state index is 0.160. The van der Waals surface area contributed by atoms with Crippen LogP contribution in [0.5, 0.6) is 5.75 Å². The molecule has 1 aromatic carbocycles. The highest BCUT2D eigenvalue weighted by Gasteiger charge is 2.29. The molecule has 2 heterocycles. The third kappa shape index (κ3) is 1.71. The zero-order valence-electron chi connectivity index (χ0n) is 9.62. The second-order valence-corrected chi connectivity index (χ2v) is 3.86. The van der Waals surface area contributed by atoms with Crippen LogP contribution in [-0.4, -0.2) is 23.3 Å². The van der Waals surface area contributed by atoms with Crippen LogP contribution in [0.1, 0.15) is 28.2 Å². The van der Waals surface area contributed by atoms with E-state index in [1.807, 2.05) is 24.3 Å². The van der Waals surface area contributed by atoms with Gasteiger partial charge in [-0.3, -0.25) is 0 Å². The molecule has 1 aromatic heterocycles. The molecule has 0 saturated heterocycles. The van der Waals surface area contributed by atoms with Gasteiger partial charge in [0.2, 0.25) is 0 Å². The number of esters is 1. The van der Waals surface area contributed by atoms with Crippen molar-refractivity contribution in [2.75, 3.05) is 7.11 Å². The first-order chi connectivity index (χ1) is 8.78. The van der Waals surface area contributed by atoms with Crippen molar-refractivity contribution in [3.05, 3.63) is 41.6 Å². The van der Waals surface area contributed by atoms with Crippen molar-refractivity contribution in [3.8, 4) is 5.75 Å². The molecule has 18 heavy (non-hydrogen) atoms. The molecular formula is C12H10N2O4. The van der Waals surface area contributed by atoms with Crippen LogP contribution in [0, 0.1) is 0 Å². The number of benzene rings is 1. The van der Waals surface area contributed by atoms with E-state index >= 15 is 0 Å². The Labute approximate surface area is 103 Å². The Hall–Kier alpha value is -2.37. The van der Waals surface area contributed by atoms with Crippen LogP contribution in [-0.2, 0) is 11.2 Å². The van der Waals surface area contributed by atoms with Gasteiger partial charge in [0.25, 0.3) is 5.89 Å². The predicted molar refractivity (Wildman–Crippen MR) is 59.2 cm³/mol. The van der Waals surface area contributed by atoms with Gasteiger partial charge in [-0.05, 0) is 11.6 Å². The van der Waals surface area contributed by atoms with Crippen LogP contribution in [0.15, 0.2) is 28.7 Å². The second kappa shape index (κ2) is 4.14. The Bertz CT molecular complexity index is 568. The molecule has 0 radical (unpaired) electrons. The fraction of sp³-hybridized carbons (Fsp3) is 0.250. The third-order valence-corrected chi connectivity index (χ3v) is 2.72. The minimum atomic E-state index is -0.649. The highest BCUT2D eigenvalue weighted by Crippen LogP contribution is 2.35. The van der Waals surface area contributed by atoms with Gasteiger partial charge in [0.15, 0.2) is 6.10 Å². The lowest BCUT2D eigenvalue weighted by molar-refractivity contribution is 0.0549. The molecule has 2 aromatic rings. The van der Waals surface area contributed by atoms with Crippen molar-refractivity contribution in [3.63, 3.8) is 0 Å². The lowest BCUT2D eigenvalue weighted by atomic mass is 10.1. The summed E-state index contributed by atoms with van der Waals surface area (Å²) in [6, 6.07) is 7.70. The number of aromatic nitrogens is 2. The SMILES string of the molecule is COC(=O)c1nnc(C2Cc3ccccc3O2)o1. The largest absolute Gasteiger partial charge is 0.480 e. The van der Waals surface area contributed by atoms with Gasteiger partial charge in [-0.15, -0.1) is 10.2 Å². The van der Waals surface area contributed by atoms with Gasteiger partial charge in [-0.25, -0.2) is 4.79 Å². The first-order valence-electron chi connectivity index (χ1n) is 5.44. The summed E-state index contributed by atoms with van der Waals surface area (Å²) < 4.78 is 15.4. The Balaban J connectivity index is 1.82. The lowest BCUT2D eigenvalue weighted by Crippen LogP contribution is -2.03. The topological polar surface area (TPSA) is 74.5 Å². The lowest BCUT2D eigenvalue weighted by Gasteiger charge is -2.04. The van der Waals surface area contributed by atoms with Gasteiger partial charge in [-0.1, -0.05) is 18.2 Å². The normalized spacial score (nSPS) is 17.1. The Kier molecular flexibility index (Phi) is 2.47. The maximum absolute atomic E-state index is 11.2. The summed E-state index contributed by atoms with van der Waals surface area (Å²) in [6.45, 7) is 0. The molecule has 0 amide bonds. The van der Waals surface area contributed by atoms with Crippen molar-refractivity contribution in [1.82, 2.24) is 10.2 Å². The highest BCUT2D eigenvalue weighted by molar-refractivity contribution is 5.83. The summed E-state index contributed by atoms with van der Waals surface area (Å²) in [5, 5.41) is 7.43. The summed E-state index contributed by atoms with van der Waals surface area (Å²) in [5.74, 6) is 0.281. The molecule has 0 N–H and O–H groups in total. The average Bonchev–Trinajstić information content (AvgIpc) is 3.03. The van der Waals surface area contributed by atoms with Crippen LogP contribution in [0.2, 0.25) is 0 Å². The number of nitrogens with zero attached hydrogens (tertiary/aromatic N) is 2. The molecule has 0 bridgehead atoms. The van der Waals surface area contributed by atoms with Gasteiger partial charge in [0, 0.05) is 6.42 Å². The number of hydrogen-bond acceptors (Lipinski definition) is 6. The number of ether oxygens (including phenoxy) is 2. The molecule has 1 unspecified atom stereocenters. The summed E-state index contributed by atoms with van der Waals surface area (Å²) in [5.41, 5.74) is 1.08. The van der Waals surface area contributed by atoms with Crippen LogP contribution in [0.3, 0.4) is 0 Å². The van der Waals surface area contributed by atoms with Crippen LogP contribution >= 0.6 is 0 Å². The fourth-order valence-corrected chi connectivity index (χ4v) is 1.85. The molecule has 0 saturated carbocycles. The Morgan fingerprint density at radius 1 is 1.39 bits per heavy atom. The molecule has 6 nitrogen and oxygen atoms in total. The number of fused-ring (bicyclic) bond motifs is 1. The fourth-order valence-electron chi connectivity index (χ4n) is 1.85. The molecule has 3 rings (SSSR count). The van der Waals surface area contributed by atoms with Crippen LogP contribution in [0.4, 0.5) is 0 Å². The summed E-state index contributed by atoms with van der Waals surface area (Å²) in [7, 11) is 1.26. The highest BCUT2D eigenvalue weighted by atomic mass is 16.5. The molecule has 0 spiro atoms. The zero-order valence-corrected chi connectivity index (χ0v) is 9.62. The predicted octanol–water partition coefficient (Wildman–Crippen LogP) is 1.53. The Morgan fingerprint density at radius 3 is 3.00 bits per heavy atom. The molecule has 1 aliphatic heterocycles. The van der Waals surface area contributed by atoms with Gasteiger partial charge in [0.05, 0.1) is 7.11 Å². The number of para-hydroxylation sites is 1. The zero-order chi connectivity index (χ0) is 12.5. The molecule has 92 valence electrons. The molecule has 1 aliphatic rings. The van der Waals surface area contributed by atoms with Crippen molar-refractivity contribution >= 4 is 5.97 Å². The number of carbonyl (C=O) groups excluding carboxylic acids is 1. The van der Waals surface area contributed by atoms with E-state index in [4.69, 9.17) is 9.15 Å². The molecule has 1 atom stereocenters. The maximum atomic E-state index is 11.2. The van der Waals surface area contributed by atoms with Crippen molar-refractivity contribution in [2.45, 2.75) is 12.5 Å². The van der Waals surface area contributed by atoms with E-state index in [0.717, 1.165) is 11.3 Å². The summed E-state index contributed by atoms with van der Waals surface area (Å²) in [6.07, 6.45) is 0.312. The van der Waals surface area contributed by atoms with Crippen LogP contribution < -0.4 is 4.74 Å².